The summed E-state index contributed by atoms with van der Waals surface area (Å²) in [5.74, 6) is 0.746. The Balaban J connectivity index is 1.28. The standard InChI is InChI=1S/C23H27ClN4O/c1-17-20(24)15-19(16-26-17)5-4-18-8-11-27(12-9-18)13-14-28-22-3-2-10-25-21(22)6-7-23(28)29/h2-3,6-7,10,15-16,18H,4-5,8-9,11-14H2,1H3. The fourth-order valence-electron chi connectivity index (χ4n) is 4.15. The minimum Gasteiger partial charge on any atom is -0.305 e. The number of fused-ring (bicyclic) bond motifs is 1. The Labute approximate surface area is 176 Å². The maximum atomic E-state index is 12.3. The Bertz CT molecular complexity index is 1040. The molecular weight excluding hydrogens is 384 g/mol. The van der Waals surface area contributed by atoms with Crippen molar-refractivity contribution in [2.45, 2.75) is 39.2 Å². The lowest BCUT2D eigenvalue weighted by molar-refractivity contribution is 0.174. The molecule has 0 amide bonds. The predicted molar refractivity (Wildman–Crippen MR) is 117 cm³/mol. The van der Waals surface area contributed by atoms with E-state index >= 15 is 0 Å². The summed E-state index contributed by atoms with van der Waals surface area (Å²) in [5, 5.41) is 0.760. The van der Waals surface area contributed by atoms with Gasteiger partial charge in [-0.25, -0.2) is 0 Å². The molecular formula is C23H27ClN4O. The predicted octanol–water partition coefficient (Wildman–Crippen LogP) is 4.10. The van der Waals surface area contributed by atoms with Gasteiger partial charge in [-0.3, -0.25) is 14.8 Å². The molecule has 29 heavy (non-hydrogen) atoms. The molecule has 1 fully saturated rings. The van der Waals surface area contributed by atoms with E-state index in [1.54, 1.807) is 18.3 Å². The Morgan fingerprint density at radius 3 is 2.76 bits per heavy atom. The molecule has 5 nitrogen and oxygen atoms in total. The van der Waals surface area contributed by atoms with Crippen molar-refractivity contribution in [3.8, 4) is 0 Å². The van der Waals surface area contributed by atoms with E-state index in [1.165, 1.54) is 24.8 Å². The van der Waals surface area contributed by atoms with Crippen molar-refractivity contribution in [3.63, 3.8) is 0 Å². The lowest BCUT2D eigenvalue weighted by atomic mass is 9.91. The number of rotatable bonds is 6. The third kappa shape index (κ3) is 4.85. The first-order chi connectivity index (χ1) is 14.1. The van der Waals surface area contributed by atoms with E-state index in [2.05, 4.69) is 20.9 Å². The van der Waals surface area contributed by atoms with Gasteiger partial charge in [0.1, 0.15) is 0 Å². The van der Waals surface area contributed by atoms with Crippen LogP contribution in [0, 0.1) is 12.8 Å². The number of hydrogen-bond donors (Lipinski definition) is 0. The van der Waals surface area contributed by atoms with Gasteiger partial charge in [-0.15, -0.1) is 0 Å². The third-order valence-corrected chi connectivity index (χ3v) is 6.41. The maximum Gasteiger partial charge on any atom is 0.251 e. The highest BCUT2D eigenvalue weighted by atomic mass is 35.5. The number of halogens is 1. The minimum absolute atomic E-state index is 0.0470. The molecule has 0 bridgehead atoms. The fourth-order valence-corrected chi connectivity index (χ4v) is 4.34. The highest BCUT2D eigenvalue weighted by Gasteiger charge is 2.19. The van der Waals surface area contributed by atoms with E-state index in [0.29, 0.717) is 6.54 Å². The third-order valence-electron chi connectivity index (χ3n) is 6.03. The average molecular weight is 411 g/mol. The van der Waals surface area contributed by atoms with Gasteiger partial charge < -0.3 is 9.47 Å². The van der Waals surface area contributed by atoms with Crippen LogP contribution in [0.1, 0.15) is 30.5 Å². The quantitative estimate of drug-likeness (QED) is 0.614. The number of hydrogen-bond acceptors (Lipinski definition) is 4. The number of aryl methyl sites for hydroxylation is 2. The van der Waals surface area contributed by atoms with Crippen molar-refractivity contribution in [2.24, 2.45) is 5.92 Å². The number of nitrogens with zero attached hydrogens (tertiary/aromatic N) is 4. The van der Waals surface area contributed by atoms with Crippen LogP contribution in [0.3, 0.4) is 0 Å². The van der Waals surface area contributed by atoms with Crippen LogP contribution in [0.25, 0.3) is 11.0 Å². The second-order valence-electron chi connectivity index (χ2n) is 7.97. The first kappa shape index (κ1) is 20.0. The molecule has 0 radical (unpaired) electrons. The van der Waals surface area contributed by atoms with Crippen LogP contribution >= 0.6 is 11.6 Å². The summed E-state index contributed by atoms with van der Waals surface area (Å²) in [6.07, 6.45) is 8.35. The van der Waals surface area contributed by atoms with Crippen LogP contribution in [0.15, 0.2) is 47.5 Å². The van der Waals surface area contributed by atoms with E-state index in [4.69, 9.17) is 11.6 Å². The summed E-state index contributed by atoms with van der Waals surface area (Å²) in [7, 11) is 0. The summed E-state index contributed by atoms with van der Waals surface area (Å²) in [4.78, 5) is 23.5. The smallest absolute Gasteiger partial charge is 0.251 e. The molecule has 4 heterocycles. The maximum absolute atomic E-state index is 12.3. The molecule has 0 saturated carbocycles. The Morgan fingerprint density at radius 2 is 1.97 bits per heavy atom. The normalized spacial score (nSPS) is 15.8. The number of pyridine rings is 3. The van der Waals surface area contributed by atoms with E-state index in [-0.39, 0.29) is 5.56 Å². The summed E-state index contributed by atoms with van der Waals surface area (Å²) >= 11 is 6.19. The fraction of sp³-hybridized carbons (Fsp3) is 0.435. The van der Waals surface area contributed by atoms with E-state index < -0.39 is 0 Å². The largest absolute Gasteiger partial charge is 0.305 e. The summed E-state index contributed by atoms with van der Waals surface area (Å²) < 4.78 is 1.85. The Kier molecular flexibility index (Phi) is 6.26. The van der Waals surface area contributed by atoms with Crippen molar-refractivity contribution in [3.05, 3.63) is 69.4 Å². The second kappa shape index (κ2) is 9.06. The first-order valence-electron chi connectivity index (χ1n) is 10.4. The van der Waals surface area contributed by atoms with E-state index in [0.717, 1.165) is 53.7 Å². The minimum atomic E-state index is 0.0470. The molecule has 1 saturated heterocycles. The van der Waals surface area contributed by atoms with E-state index in [9.17, 15) is 4.79 Å². The highest BCUT2D eigenvalue weighted by molar-refractivity contribution is 6.31. The Hall–Kier alpha value is -2.24. The molecule has 4 rings (SSSR count). The Morgan fingerprint density at radius 1 is 1.14 bits per heavy atom. The van der Waals surface area contributed by atoms with Gasteiger partial charge in [-0.2, -0.15) is 0 Å². The molecule has 6 heteroatoms. The van der Waals surface area contributed by atoms with E-state index in [1.807, 2.05) is 29.8 Å². The zero-order valence-corrected chi connectivity index (χ0v) is 17.6. The monoisotopic (exact) mass is 410 g/mol. The van der Waals surface area contributed by atoms with Crippen molar-refractivity contribution in [1.82, 2.24) is 19.4 Å². The van der Waals surface area contributed by atoms with Gasteiger partial charge in [0, 0.05) is 31.5 Å². The second-order valence-corrected chi connectivity index (χ2v) is 8.37. The average Bonchev–Trinajstić information content (AvgIpc) is 2.75. The van der Waals surface area contributed by atoms with Crippen LogP contribution < -0.4 is 5.56 Å². The molecule has 0 atom stereocenters. The van der Waals surface area contributed by atoms with Gasteiger partial charge in [0.15, 0.2) is 0 Å². The molecule has 0 aromatic carbocycles. The summed E-state index contributed by atoms with van der Waals surface area (Å²) in [6, 6.07) is 9.34. The van der Waals surface area contributed by atoms with Gasteiger partial charge >= 0.3 is 0 Å². The van der Waals surface area contributed by atoms with Gasteiger partial charge in [0.25, 0.3) is 5.56 Å². The molecule has 0 unspecified atom stereocenters. The topological polar surface area (TPSA) is 51.0 Å². The van der Waals surface area contributed by atoms with Crippen molar-refractivity contribution < 1.29 is 0 Å². The number of piperidine rings is 1. The lowest BCUT2D eigenvalue weighted by Gasteiger charge is -2.32. The molecule has 1 aliphatic rings. The SMILES string of the molecule is Cc1ncc(CCC2CCN(CCn3c(=O)ccc4ncccc43)CC2)cc1Cl. The zero-order chi connectivity index (χ0) is 20.2. The zero-order valence-electron chi connectivity index (χ0n) is 16.9. The molecule has 3 aromatic rings. The van der Waals surface area contributed by atoms with Crippen LogP contribution in [0.4, 0.5) is 0 Å². The molecule has 1 aliphatic heterocycles. The van der Waals surface area contributed by atoms with Gasteiger partial charge in [0.2, 0.25) is 0 Å². The number of likely N-dealkylation sites (tertiary alicyclic amines) is 1. The first-order valence-corrected chi connectivity index (χ1v) is 10.8. The van der Waals surface area contributed by atoms with Crippen LogP contribution in [-0.4, -0.2) is 39.1 Å². The molecule has 152 valence electrons. The van der Waals surface area contributed by atoms with Gasteiger partial charge in [-0.05, 0) is 81.4 Å². The van der Waals surface area contributed by atoms with Crippen LogP contribution in [0.5, 0.6) is 0 Å². The molecule has 0 N–H and O–H groups in total. The summed E-state index contributed by atoms with van der Waals surface area (Å²) in [6.45, 7) is 5.73. The van der Waals surface area contributed by atoms with Crippen LogP contribution in [0.2, 0.25) is 5.02 Å². The van der Waals surface area contributed by atoms with Crippen molar-refractivity contribution in [1.29, 1.82) is 0 Å². The van der Waals surface area contributed by atoms with Gasteiger partial charge in [-0.1, -0.05) is 11.6 Å². The molecule has 0 aliphatic carbocycles. The number of aromatic nitrogens is 3. The molecule has 3 aromatic heterocycles. The van der Waals surface area contributed by atoms with Crippen molar-refractivity contribution in [2.75, 3.05) is 19.6 Å². The molecule has 0 spiro atoms. The van der Waals surface area contributed by atoms with Gasteiger partial charge in [0.05, 0.1) is 21.7 Å². The van der Waals surface area contributed by atoms with Crippen LogP contribution in [-0.2, 0) is 13.0 Å². The lowest BCUT2D eigenvalue weighted by Crippen LogP contribution is -2.37. The highest BCUT2D eigenvalue weighted by Crippen LogP contribution is 2.23. The van der Waals surface area contributed by atoms with Crippen molar-refractivity contribution >= 4 is 22.6 Å². The summed E-state index contributed by atoms with van der Waals surface area (Å²) in [5.41, 5.74) is 3.96.